The van der Waals surface area contributed by atoms with Crippen LogP contribution in [-0.4, -0.2) is 30.9 Å². The van der Waals surface area contributed by atoms with E-state index < -0.39 is 17.5 Å². The van der Waals surface area contributed by atoms with E-state index in [1.165, 1.54) is 7.11 Å². The van der Waals surface area contributed by atoms with Crippen LogP contribution in [0.1, 0.15) is 12.0 Å². The summed E-state index contributed by atoms with van der Waals surface area (Å²) in [7, 11) is 1.18. The number of para-hydroxylation sites is 1. The third kappa shape index (κ3) is 1.71. The predicted molar refractivity (Wildman–Crippen MR) is 61.9 cm³/mol. The first kappa shape index (κ1) is 12.4. The largest absolute Gasteiger partial charge is 0.493 e. The van der Waals surface area contributed by atoms with E-state index in [1.54, 1.807) is 24.3 Å². The van der Waals surface area contributed by atoms with Crippen LogP contribution in [-0.2, 0) is 14.9 Å². The molecular weight excluding hydrogens is 234 g/mol. The topological polar surface area (TPSA) is 79.5 Å². The Labute approximate surface area is 105 Å². The summed E-state index contributed by atoms with van der Waals surface area (Å²) in [5.74, 6) is -0.290. The van der Waals surface area contributed by atoms with Gasteiger partial charge < -0.3 is 14.6 Å². The molecule has 0 bridgehead atoms. The number of hydrogen-bond donors (Lipinski definition) is 1. The maximum Gasteiger partial charge on any atom is 0.336 e. The van der Waals surface area contributed by atoms with E-state index in [0.29, 0.717) is 11.3 Å². The molecular formula is C13H13NO4. The average Bonchev–Trinajstić information content (AvgIpc) is 2.44. The fraction of sp³-hybridized carbons (Fsp3) is 0.385. The molecule has 1 aliphatic rings. The standard InChI is InChI=1S/C13H13NO4/c1-17-12(16)11(15)13(8-14)6-7-18-10-5-3-2-4-9(10)13/h2-5,11,15H,6-7H2,1H3. The highest BCUT2D eigenvalue weighted by Gasteiger charge is 2.48. The molecule has 5 heteroatoms. The highest BCUT2D eigenvalue weighted by molar-refractivity contribution is 5.78. The van der Waals surface area contributed by atoms with Crippen molar-refractivity contribution in [3.63, 3.8) is 0 Å². The van der Waals surface area contributed by atoms with Gasteiger partial charge >= 0.3 is 5.97 Å². The van der Waals surface area contributed by atoms with Crippen molar-refractivity contribution in [1.29, 1.82) is 5.26 Å². The number of carbonyl (C=O) groups excluding carboxylic acids is 1. The summed E-state index contributed by atoms with van der Waals surface area (Å²) < 4.78 is 9.96. The Morgan fingerprint density at radius 2 is 2.33 bits per heavy atom. The summed E-state index contributed by atoms with van der Waals surface area (Å²) in [6.45, 7) is 0.276. The van der Waals surface area contributed by atoms with Gasteiger partial charge in [0, 0.05) is 12.0 Å². The summed E-state index contributed by atoms with van der Waals surface area (Å²) in [4.78, 5) is 11.5. The normalized spacial score (nSPS) is 23.2. The molecule has 94 valence electrons. The van der Waals surface area contributed by atoms with Crippen molar-refractivity contribution >= 4 is 5.97 Å². The van der Waals surface area contributed by atoms with Crippen molar-refractivity contribution in [3.8, 4) is 11.8 Å². The van der Waals surface area contributed by atoms with Gasteiger partial charge in [-0.2, -0.15) is 5.26 Å². The number of benzene rings is 1. The molecule has 0 saturated heterocycles. The lowest BCUT2D eigenvalue weighted by atomic mass is 9.73. The maximum absolute atomic E-state index is 11.5. The van der Waals surface area contributed by atoms with Gasteiger partial charge in [-0.15, -0.1) is 0 Å². The first-order valence-corrected chi connectivity index (χ1v) is 5.55. The number of ether oxygens (including phenoxy) is 2. The van der Waals surface area contributed by atoms with Gasteiger partial charge in [-0.3, -0.25) is 0 Å². The van der Waals surface area contributed by atoms with Crippen LogP contribution in [0.2, 0.25) is 0 Å². The molecule has 2 unspecified atom stereocenters. The quantitative estimate of drug-likeness (QED) is 0.780. The van der Waals surface area contributed by atoms with E-state index in [0.717, 1.165) is 0 Å². The zero-order valence-corrected chi connectivity index (χ0v) is 9.92. The number of methoxy groups -OCH3 is 1. The smallest absolute Gasteiger partial charge is 0.336 e. The zero-order valence-electron chi connectivity index (χ0n) is 9.92. The van der Waals surface area contributed by atoms with E-state index in [-0.39, 0.29) is 13.0 Å². The van der Waals surface area contributed by atoms with Gasteiger partial charge in [-0.05, 0) is 6.07 Å². The van der Waals surface area contributed by atoms with Crippen LogP contribution < -0.4 is 4.74 Å². The molecule has 1 aromatic rings. The second-order valence-corrected chi connectivity index (χ2v) is 4.10. The molecule has 1 N–H and O–H groups in total. The second kappa shape index (κ2) is 4.67. The third-order valence-corrected chi connectivity index (χ3v) is 3.21. The van der Waals surface area contributed by atoms with Crippen LogP contribution in [0.25, 0.3) is 0 Å². The van der Waals surface area contributed by atoms with Crippen molar-refractivity contribution in [2.75, 3.05) is 13.7 Å². The lowest BCUT2D eigenvalue weighted by Gasteiger charge is -2.35. The maximum atomic E-state index is 11.5. The van der Waals surface area contributed by atoms with E-state index in [2.05, 4.69) is 10.8 Å². The first-order valence-electron chi connectivity index (χ1n) is 5.55. The van der Waals surface area contributed by atoms with Crippen molar-refractivity contribution < 1.29 is 19.4 Å². The molecule has 2 rings (SSSR count). The van der Waals surface area contributed by atoms with Crippen molar-refractivity contribution in [3.05, 3.63) is 29.8 Å². The number of aliphatic hydroxyl groups excluding tert-OH is 1. The van der Waals surface area contributed by atoms with Crippen molar-refractivity contribution in [2.45, 2.75) is 17.9 Å². The van der Waals surface area contributed by atoms with E-state index in [9.17, 15) is 15.2 Å². The van der Waals surface area contributed by atoms with Crippen molar-refractivity contribution in [2.24, 2.45) is 0 Å². The Hall–Kier alpha value is -2.06. The van der Waals surface area contributed by atoms with Crippen LogP contribution in [0.5, 0.6) is 5.75 Å². The van der Waals surface area contributed by atoms with Crippen molar-refractivity contribution in [1.82, 2.24) is 0 Å². The van der Waals surface area contributed by atoms with E-state index in [4.69, 9.17) is 4.74 Å². The van der Waals surface area contributed by atoms with E-state index in [1.807, 2.05) is 0 Å². The van der Waals surface area contributed by atoms with Crippen LogP contribution in [0.15, 0.2) is 24.3 Å². The number of aliphatic hydroxyl groups is 1. The lowest BCUT2D eigenvalue weighted by molar-refractivity contribution is -0.153. The zero-order chi connectivity index (χ0) is 13.2. The number of esters is 1. The van der Waals surface area contributed by atoms with Crippen LogP contribution in [0.3, 0.4) is 0 Å². The monoisotopic (exact) mass is 247 g/mol. The Bertz CT molecular complexity index is 508. The fourth-order valence-electron chi connectivity index (χ4n) is 2.19. The number of carbonyl (C=O) groups is 1. The second-order valence-electron chi connectivity index (χ2n) is 4.10. The highest BCUT2D eigenvalue weighted by Crippen LogP contribution is 2.41. The predicted octanol–water partition coefficient (Wildman–Crippen LogP) is 0.764. The number of hydrogen-bond acceptors (Lipinski definition) is 5. The number of fused-ring (bicyclic) bond motifs is 1. The fourth-order valence-corrected chi connectivity index (χ4v) is 2.19. The summed E-state index contributed by atoms with van der Waals surface area (Å²) in [6.07, 6.45) is -1.27. The molecule has 0 aliphatic carbocycles. The molecule has 0 aromatic heterocycles. The van der Waals surface area contributed by atoms with Gasteiger partial charge in [0.2, 0.25) is 0 Å². The first-order chi connectivity index (χ1) is 8.65. The average molecular weight is 247 g/mol. The number of rotatable bonds is 2. The molecule has 1 aromatic carbocycles. The lowest BCUT2D eigenvalue weighted by Crippen LogP contribution is -2.47. The van der Waals surface area contributed by atoms with Gasteiger partial charge in [-0.1, -0.05) is 18.2 Å². The Morgan fingerprint density at radius 1 is 1.61 bits per heavy atom. The third-order valence-electron chi connectivity index (χ3n) is 3.21. The molecule has 0 fully saturated rings. The molecule has 0 radical (unpaired) electrons. The Morgan fingerprint density at radius 3 is 3.00 bits per heavy atom. The van der Waals surface area contributed by atoms with Crippen LogP contribution in [0.4, 0.5) is 0 Å². The summed E-state index contributed by atoms with van der Waals surface area (Å²) >= 11 is 0. The molecule has 5 nitrogen and oxygen atoms in total. The molecule has 0 spiro atoms. The highest BCUT2D eigenvalue weighted by atomic mass is 16.5. The summed E-state index contributed by atoms with van der Waals surface area (Å²) in [5, 5.41) is 19.5. The molecule has 1 heterocycles. The number of nitrogens with zero attached hydrogens (tertiary/aromatic N) is 1. The molecule has 2 atom stereocenters. The van der Waals surface area contributed by atoms with Gasteiger partial charge in [0.15, 0.2) is 6.10 Å². The molecule has 1 aliphatic heterocycles. The molecule has 18 heavy (non-hydrogen) atoms. The van der Waals surface area contributed by atoms with Crippen LogP contribution in [0, 0.1) is 11.3 Å². The van der Waals surface area contributed by atoms with Gasteiger partial charge in [0.05, 0.1) is 19.8 Å². The molecule has 0 amide bonds. The summed E-state index contributed by atoms with van der Waals surface area (Å²) in [5.41, 5.74) is -0.779. The Kier molecular flexibility index (Phi) is 3.21. The van der Waals surface area contributed by atoms with E-state index >= 15 is 0 Å². The van der Waals surface area contributed by atoms with Gasteiger partial charge in [-0.25, -0.2) is 4.79 Å². The Balaban J connectivity index is 2.53. The van der Waals surface area contributed by atoms with Gasteiger partial charge in [0.1, 0.15) is 11.2 Å². The van der Waals surface area contributed by atoms with Crippen LogP contribution >= 0.6 is 0 Å². The van der Waals surface area contributed by atoms with Gasteiger partial charge in [0.25, 0.3) is 0 Å². The summed E-state index contributed by atoms with van der Waals surface area (Å²) in [6, 6.07) is 8.97. The minimum Gasteiger partial charge on any atom is -0.493 e. The minimum absolute atomic E-state index is 0.247. The number of nitriles is 1. The minimum atomic E-state index is -1.52. The molecule has 0 saturated carbocycles. The SMILES string of the molecule is COC(=O)C(O)C1(C#N)CCOc2ccccc21.